The summed E-state index contributed by atoms with van der Waals surface area (Å²) >= 11 is 0. The molecule has 0 bridgehead atoms. The van der Waals surface area contributed by atoms with Crippen molar-refractivity contribution in [3.63, 3.8) is 0 Å². The van der Waals surface area contributed by atoms with Gasteiger partial charge in [0.25, 0.3) is 5.91 Å². The number of anilines is 1. The summed E-state index contributed by atoms with van der Waals surface area (Å²) in [5.74, 6) is 0.183. The van der Waals surface area contributed by atoms with E-state index in [1.165, 1.54) is 6.07 Å². The molecule has 0 atom stereocenters. The van der Waals surface area contributed by atoms with Crippen LogP contribution in [-0.2, 0) is 6.54 Å². The molecule has 0 aliphatic carbocycles. The summed E-state index contributed by atoms with van der Waals surface area (Å²) in [6, 6.07) is 4.24. The van der Waals surface area contributed by atoms with E-state index in [9.17, 15) is 14.9 Å². The normalized spacial score (nSPS) is 14.0. The second-order valence-corrected chi connectivity index (χ2v) is 5.10. The van der Waals surface area contributed by atoms with Crippen LogP contribution in [0.15, 0.2) is 28.8 Å². The monoisotopic (exact) mass is 317 g/mol. The predicted octanol–water partition coefficient (Wildman–Crippen LogP) is 1.51. The Labute approximate surface area is 131 Å². The van der Waals surface area contributed by atoms with E-state index in [-0.39, 0.29) is 12.3 Å². The number of carbonyl (C=O) groups is 1. The Morgan fingerprint density at radius 2 is 2.13 bits per heavy atom. The molecule has 0 unspecified atom stereocenters. The van der Waals surface area contributed by atoms with E-state index in [2.05, 4.69) is 20.2 Å². The van der Waals surface area contributed by atoms with Crippen LogP contribution < -0.4 is 10.2 Å². The fourth-order valence-electron chi connectivity index (χ4n) is 2.39. The standard InChI is InChI=1S/C14H15N5O4/c20-14(10-3-4-13(23-10)19(21)22)16-9-11-15-6-5-12(17-11)18-7-1-2-8-18/h3-6H,1-2,7-9H2,(H,16,20). The molecule has 120 valence electrons. The van der Waals surface area contributed by atoms with E-state index in [1.807, 2.05) is 6.07 Å². The Bertz CT molecular complexity index is 723. The minimum Gasteiger partial charge on any atom is -0.395 e. The molecule has 1 amide bonds. The van der Waals surface area contributed by atoms with Gasteiger partial charge in [-0.15, -0.1) is 0 Å². The van der Waals surface area contributed by atoms with Crippen LogP contribution in [0, 0.1) is 10.1 Å². The lowest BCUT2D eigenvalue weighted by Gasteiger charge is -2.16. The van der Waals surface area contributed by atoms with Crippen molar-refractivity contribution in [1.82, 2.24) is 15.3 Å². The Morgan fingerprint density at radius 3 is 2.83 bits per heavy atom. The molecular formula is C14H15N5O4. The molecule has 3 heterocycles. The van der Waals surface area contributed by atoms with Crippen molar-refractivity contribution in [2.24, 2.45) is 0 Å². The van der Waals surface area contributed by atoms with Gasteiger partial charge < -0.3 is 14.6 Å². The second kappa shape index (κ2) is 6.42. The van der Waals surface area contributed by atoms with Crippen molar-refractivity contribution in [3.8, 4) is 0 Å². The van der Waals surface area contributed by atoms with Crippen LogP contribution >= 0.6 is 0 Å². The lowest BCUT2D eigenvalue weighted by atomic mass is 10.4. The first-order valence-corrected chi connectivity index (χ1v) is 7.23. The molecule has 9 heteroatoms. The molecule has 2 aromatic rings. The number of carbonyl (C=O) groups excluding carboxylic acids is 1. The third kappa shape index (κ3) is 3.44. The second-order valence-electron chi connectivity index (χ2n) is 5.10. The molecule has 1 aliphatic rings. The summed E-state index contributed by atoms with van der Waals surface area (Å²) in [5.41, 5.74) is 0. The van der Waals surface area contributed by atoms with Crippen molar-refractivity contribution in [1.29, 1.82) is 0 Å². The number of hydrogen-bond acceptors (Lipinski definition) is 7. The lowest BCUT2D eigenvalue weighted by Crippen LogP contribution is -2.25. The molecule has 0 radical (unpaired) electrons. The maximum absolute atomic E-state index is 11.9. The van der Waals surface area contributed by atoms with Gasteiger partial charge in [0.15, 0.2) is 5.76 Å². The first-order chi connectivity index (χ1) is 11.1. The summed E-state index contributed by atoms with van der Waals surface area (Å²) < 4.78 is 4.84. The summed E-state index contributed by atoms with van der Waals surface area (Å²) in [5, 5.41) is 13.1. The van der Waals surface area contributed by atoms with Crippen LogP contribution in [0.3, 0.4) is 0 Å². The molecule has 1 N–H and O–H groups in total. The van der Waals surface area contributed by atoms with Crippen LogP contribution in [0.25, 0.3) is 0 Å². The van der Waals surface area contributed by atoms with Gasteiger partial charge in [-0.3, -0.25) is 14.9 Å². The van der Waals surface area contributed by atoms with Gasteiger partial charge in [0.1, 0.15) is 16.6 Å². The highest BCUT2D eigenvalue weighted by Crippen LogP contribution is 2.17. The van der Waals surface area contributed by atoms with E-state index in [4.69, 9.17) is 4.42 Å². The van der Waals surface area contributed by atoms with Crippen LogP contribution in [-0.4, -0.2) is 33.9 Å². The van der Waals surface area contributed by atoms with E-state index in [0.717, 1.165) is 37.8 Å². The van der Waals surface area contributed by atoms with E-state index in [1.54, 1.807) is 6.20 Å². The maximum Gasteiger partial charge on any atom is 0.433 e. The number of nitro groups is 1. The van der Waals surface area contributed by atoms with Gasteiger partial charge in [-0.1, -0.05) is 0 Å². The van der Waals surface area contributed by atoms with Crippen LogP contribution in [0.4, 0.5) is 11.7 Å². The van der Waals surface area contributed by atoms with Gasteiger partial charge in [0.2, 0.25) is 0 Å². The zero-order valence-corrected chi connectivity index (χ0v) is 12.3. The van der Waals surface area contributed by atoms with Gasteiger partial charge in [0, 0.05) is 19.3 Å². The van der Waals surface area contributed by atoms with Crippen LogP contribution in [0.5, 0.6) is 0 Å². The lowest BCUT2D eigenvalue weighted by molar-refractivity contribution is -0.402. The zero-order valence-electron chi connectivity index (χ0n) is 12.3. The number of furan rings is 1. The molecular weight excluding hydrogens is 302 g/mol. The third-order valence-corrected chi connectivity index (χ3v) is 3.52. The Balaban J connectivity index is 1.62. The quantitative estimate of drug-likeness (QED) is 0.656. The smallest absolute Gasteiger partial charge is 0.395 e. The van der Waals surface area contributed by atoms with Crippen molar-refractivity contribution < 1.29 is 14.1 Å². The minimum absolute atomic E-state index is 0.118. The highest BCUT2D eigenvalue weighted by Gasteiger charge is 2.18. The largest absolute Gasteiger partial charge is 0.433 e. The van der Waals surface area contributed by atoms with E-state index < -0.39 is 16.7 Å². The number of nitrogens with one attached hydrogen (secondary N) is 1. The molecule has 23 heavy (non-hydrogen) atoms. The van der Waals surface area contributed by atoms with E-state index in [0.29, 0.717) is 5.82 Å². The average Bonchev–Trinajstić information content (AvgIpc) is 3.24. The van der Waals surface area contributed by atoms with Crippen LogP contribution in [0.2, 0.25) is 0 Å². The Hall–Kier alpha value is -2.97. The SMILES string of the molecule is O=C(NCc1nccc(N2CCCC2)n1)c1ccc([N+](=O)[O-])o1. The molecule has 0 aromatic carbocycles. The Morgan fingerprint density at radius 1 is 1.35 bits per heavy atom. The van der Waals surface area contributed by atoms with Gasteiger partial charge in [-0.2, -0.15) is 0 Å². The summed E-state index contributed by atoms with van der Waals surface area (Å²) in [6.45, 7) is 2.06. The van der Waals surface area contributed by atoms with Gasteiger partial charge in [-0.05, 0) is 25.0 Å². The summed E-state index contributed by atoms with van der Waals surface area (Å²) in [6.07, 6.45) is 3.95. The first-order valence-electron chi connectivity index (χ1n) is 7.23. The van der Waals surface area contributed by atoms with Crippen molar-refractivity contribution in [2.45, 2.75) is 19.4 Å². The molecule has 1 fully saturated rings. The highest BCUT2D eigenvalue weighted by molar-refractivity contribution is 5.91. The van der Waals surface area contributed by atoms with Crippen LogP contribution in [0.1, 0.15) is 29.2 Å². The van der Waals surface area contributed by atoms with E-state index >= 15 is 0 Å². The fraction of sp³-hybridized carbons (Fsp3) is 0.357. The van der Waals surface area contributed by atoms with Crippen molar-refractivity contribution >= 4 is 17.6 Å². The average molecular weight is 317 g/mol. The predicted molar refractivity (Wildman–Crippen MR) is 80.0 cm³/mol. The summed E-state index contributed by atoms with van der Waals surface area (Å²) in [7, 11) is 0. The number of aromatic nitrogens is 2. The molecule has 1 saturated heterocycles. The molecule has 1 aliphatic heterocycles. The fourth-order valence-corrected chi connectivity index (χ4v) is 2.39. The third-order valence-electron chi connectivity index (χ3n) is 3.52. The molecule has 2 aromatic heterocycles. The van der Waals surface area contributed by atoms with Crippen molar-refractivity contribution in [2.75, 3.05) is 18.0 Å². The van der Waals surface area contributed by atoms with Gasteiger partial charge in [-0.25, -0.2) is 9.97 Å². The zero-order chi connectivity index (χ0) is 16.2. The van der Waals surface area contributed by atoms with Crippen molar-refractivity contribution in [3.05, 3.63) is 46.1 Å². The molecule has 3 rings (SSSR count). The summed E-state index contributed by atoms with van der Waals surface area (Å²) in [4.78, 5) is 32.4. The number of nitrogens with zero attached hydrogens (tertiary/aromatic N) is 4. The number of amides is 1. The molecule has 0 spiro atoms. The van der Waals surface area contributed by atoms with Gasteiger partial charge in [0.05, 0.1) is 12.6 Å². The maximum atomic E-state index is 11.9. The molecule has 9 nitrogen and oxygen atoms in total. The highest BCUT2D eigenvalue weighted by atomic mass is 16.6. The number of rotatable bonds is 5. The Kier molecular flexibility index (Phi) is 4.18. The first kappa shape index (κ1) is 14.9. The molecule has 0 saturated carbocycles. The number of hydrogen-bond donors (Lipinski definition) is 1. The topological polar surface area (TPSA) is 114 Å². The van der Waals surface area contributed by atoms with Gasteiger partial charge >= 0.3 is 5.88 Å². The minimum atomic E-state index is -0.695.